The molecule has 0 saturated heterocycles. The number of nitrogens with one attached hydrogen (secondary N) is 2. The molecule has 0 radical (unpaired) electrons. The zero-order chi connectivity index (χ0) is 19.3. The first-order valence-electron chi connectivity index (χ1n) is 8.30. The van der Waals surface area contributed by atoms with E-state index in [1.807, 2.05) is 35.7 Å². The molecule has 0 spiro atoms. The fourth-order valence-electron chi connectivity index (χ4n) is 2.36. The van der Waals surface area contributed by atoms with Gasteiger partial charge in [0.25, 0.3) is 0 Å². The molecule has 3 aromatic heterocycles. The van der Waals surface area contributed by atoms with Crippen molar-refractivity contribution in [3.8, 4) is 0 Å². The molecule has 12 heteroatoms. The zero-order valence-corrected chi connectivity index (χ0v) is 18.0. The fourth-order valence-corrected chi connectivity index (χ4v) is 3.08. The number of halogens is 4. The van der Waals surface area contributed by atoms with E-state index in [9.17, 15) is 13.2 Å². The number of alkyl halides is 3. The Morgan fingerprint density at radius 1 is 1.25 bits per heavy atom. The summed E-state index contributed by atoms with van der Waals surface area (Å²) in [7, 11) is 0. The molecular weight excluding hydrogens is 506 g/mol. The normalized spacial score (nSPS) is 12.1. The lowest BCUT2D eigenvalue weighted by Gasteiger charge is -2.10. The van der Waals surface area contributed by atoms with Crippen molar-refractivity contribution in [3.05, 3.63) is 46.3 Å². The van der Waals surface area contributed by atoms with Crippen molar-refractivity contribution in [2.75, 3.05) is 13.1 Å². The Hall–Kier alpha value is -1.96. The van der Waals surface area contributed by atoms with Crippen LogP contribution in [0.4, 0.5) is 13.2 Å². The van der Waals surface area contributed by atoms with Crippen LogP contribution >= 0.6 is 35.3 Å². The first kappa shape index (κ1) is 22.3. The van der Waals surface area contributed by atoms with Gasteiger partial charge in [0.05, 0.1) is 6.54 Å². The first-order valence-corrected chi connectivity index (χ1v) is 9.17. The maximum atomic E-state index is 12.6. The molecule has 0 bridgehead atoms. The van der Waals surface area contributed by atoms with Crippen LogP contribution in [-0.4, -0.2) is 38.6 Å². The Balaban J connectivity index is 0.00000280. The van der Waals surface area contributed by atoms with Crippen LogP contribution in [0.25, 0.3) is 5.65 Å². The lowest BCUT2D eigenvalue weighted by atomic mass is 10.4. The minimum Gasteiger partial charge on any atom is -0.357 e. The average Bonchev–Trinajstić information content (AvgIpc) is 3.27. The summed E-state index contributed by atoms with van der Waals surface area (Å²) >= 11 is 0.944. The van der Waals surface area contributed by atoms with E-state index in [0.717, 1.165) is 28.2 Å². The minimum atomic E-state index is -4.43. The topological polar surface area (TPSA) is 79.5 Å². The number of nitrogens with zero attached hydrogens (tertiary/aromatic N) is 5. The summed E-state index contributed by atoms with van der Waals surface area (Å²) < 4.78 is 39.7. The molecule has 152 valence electrons. The van der Waals surface area contributed by atoms with Gasteiger partial charge < -0.3 is 10.6 Å². The molecule has 0 saturated carbocycles. The molecule has 28 heavy (non-hydrogen) atoms. The molecule has 3 rings (SSSR count). The number of hydrogen-bond acceptors (Lipinski definition) is 5. The van der Waals surface area contributed by atoms with Gasteiger partial charge in [-0.1, -0.05) is 6.07 Å². The van der Waals surface area contributed by atoms with Crippen LogP contribution in [-0.2, 0) is 19.1 Å². The second-order valence-electron chi connectivity index (χ2n) is 5.54. The van der Waals surface area contributed by atoms with Gasteiger partial charge in [-0.25, -0.2) is 9.98 Å². The highest BCUT2D eigenvalue weighted by molar-refractivity contribution is 14.0. The van der Waals surface area contributed by atoms with Crippen LogP contribution < -0.4 is 10.6 Å². The van der Waals surface area contributed by atoms with Crippen molar-refractivity contribution >= 4 is 46.9 Å². The number of guanidine groups is 1. The molecule has 0 fully saturated rings. The van der Waals surface area contributed by atoms with E-state index >= 15 is 0 Å². The van der Waals surface area contributed by atoms with Crippen molar-refractivity contribution < 1.29 is 13.2 Å². The fraction of sp³-hybridized carbons (Fsp3) is 0.375. The highest BCUT2D eigenvalue weighted by Crippen LogP contribution is 2.30. The summed E-state index contributed by atoms with van der Waals surface area (Å²) in [6.45, 7) is 3.16. The molecule has 0 aliphatic heterocycles. The molecule has 2 N–H and O–H groups in total. The van der Waals surface area contributed by atoms with Gasteiger partial charge in [0.2, 0.25) is 0 Å². The maximum Gasteiger partial charge on any atom is 0.434 e. The van der Waals surface area contributed by atoms with E-state index in [-0.39, 0.29) is 30.5 Å². The van der Waals surface area contributed by atoms with Crippen LogP contribution in [0.2, 0.25) is 0 Å². The molecule has 3 heterocycles. The summed E-state index contributed by atoms with van der Waals surface area (Å²) in [5, 5.41) is 15.8. The molecule has 3 aromatic rings. The van der Waals surface area contributed by atoms with E-state index in [0.29, 0.717) is 30.5 Å². The number of aromatic nitrogens is 4. The van der Waals surface area contributed by atoms with Crippen molar-refractivity contribution in [3.63, 3.8) is 0 Å². The standard InChI is InChI=1S/C16H18F3N7S.HI/c1-2-20-15(22-9-14-23-11(10-27-14)16(17,18)19)21-7-6-13-25-24-12-5-3-4-8-26(12)13;/h3-5,8,10H,2,6-7,9H2,1H3,(H2,20,21,22);1H. The van der Waals surface area contributed by atoms with Crippen molar-refractivity contribution in [2.24, 2.45) is 4.99 Å². The van der Waals surface area contributed by atoms with Crippen molar-refractivity contribution in [2.45, 2.75) is 26.1 Å². The molecular formula is C16H19F3IN7S. The number of thiazole rings is 1. The van der Waals surface area contributed by atoms with Gasteiger partial charge in [-0.15, -0.1) is 45.5 Å². The number of pyridine rings is 1. The highest BCUT2D eigenvalue weighted by Gasteiger charge is 2.33. The number of hydrogen-bond donors (Lipinski definition) is 2. The highest BCUT2D eigenvalue weighted by atomic mass is 127. The Morgan fingerprint density at radius 3 is 2.79 bits per heavy atom. The average molecular weight is 525 g/mol. The van der Waals surface area contributed by atoms with Crippen LogP contribution in [0, 0.1) is 0 Å². The summed E-state index contributed by atoms with van der Waals surface area (Å²) in [6.07, 6.45) is -1.92. The molecule has 0 amide bonds. The van der Waals surface area contributed by atoms with Gasteiger partial charge in [-0.05, 0) is 19.1 Å². The maximum absolute atomic E-state index is 12.6. The third kappa shape index (κ3) is 5.77. The monoisotopic (exact) mass is 525 g/mol. The lowest BCUT2D eigenvalue weighted by molar-refractivity contribution is -0.140. The summed E-state index contributed by atoms with van der Waals surface area (Å²) in [4.78, 5) is 7.87. The third-order valence-corrected chi connectivity index (χ3v) is 4.42. The van der Waals surface area contributed by atoms with Crippen molar-refractivity contribution in [1.82, 2.24) is 30.2 Å². The zero-order valence-electron chi connectivity index (χ0n) is 14.9. The predicted molar refractivity (Wildman–Crippen MR) is 112 cm³/mol. The number of rotatable bonds is 6. The first-order chi connectivity index (χ1) is 13.0. The van der Waals surface area contributed by atoms with Gasteiger partial charge in [0.15, 0.2) is 17.3 Å². The summed E-state index contributed by atoms with van der Waals surface area (Å²) in [5.41, 5.74) is -0.105. The number of aliphatic imine (C=N–C) groups is 1. The van der Waals surface area contributed by atoms with Gasteiger partial charge in [-0.2, -0.15) is 13.2 Å². The van der Waals surface area contributed by atoms with E-state index in [1.54, 1.807) is 0 Å². The molecule has 0 atom stereocenters. The van der Waals surface area contributed by atoms with Crippen LogP contribution in [0.1, 0.15) is 23.4 Å². The Kier molecular flexibility index (Phi) is 7.98. The molecule has 7 nitrogen and oxygen atoms in total. The second-order valence-corrected chi connectivity index (χ2v) is 6.48. The molecule has 0 unspecified atom stereocenters. The quantitative estimate of drug-likeness (QED) is 0.294. The van der Waals surface area contributed by atoms with E-state index in [4.69, 9.17) is 0 Å². The van der Waals surface area contributed by atoms with E-state index in [1.165, 1.54) is 0 Å². The third-order valence-electron chi connectivity index (χ3n) is 3.58. The summed E-state index contributed by atoms with van der Waals surface area (Å²) in [5.74, 6) is 1.32. The molecule has 0 aliphatic carbocycles. The van der Waals surface area contributed by atoms with Gasteiger partial charge in [0.1, 0.15) is 10.8 Å². The van der Waals surface area contributed by atoms with E-state index in [2.05, 4.69) is 30.8 Å². The van der Waals surface area contributed by atoms with Crippen LogP contribution in [0.3, 0.4) is 0 Å². The minimum absolute atomic E-state index is 0. The van der Waals surface area contributed by atoms with Crippen molar-refractivity contribution in [1.29, 1.82) is 0 Å². The largest absolute Gasteiger partial charge is 0.434 e. The molecule has 0 aromatic carbocycles. The molecule has 0 aliphatic rings. The van der Waals surface area contributed by atoms with E-state index < -0.39 is 11.9 Å². The summed E-state index contributed by atoms with van der Waals surface area (Å²) in [6, 6.07) is 5.67. The predicted octanol–water partition coefficient (Wildman–Crippen LogP) is 3.12. The Bertz CT molecular complexity index is 922. The number of fused-ring (bicyclic) bond motifs is 1. The smallest absolute Gasteiger partial charge is 0.357 e. The van der Waals surface area contributed by atoms with Gasteiger partial charge in [-0.3, -0.25) is 4.40 Å². The lowest BCUT2D eigenvalue weighted by Crippen LogP contribution is -2.38. The van der Waals surface area contributed by atoms with Crippen LogP contribution in [0.15, 0.2) is 34.8 Å². The Labute approximate surface area is 180 Å². The SMILES string of the molecule is CCNC(=NCc1nc(C(F)(F)F)cs1)NCCc1nnc2ccccn12.I. The van der Waals surface area contributed by atoms with Gasteiger partial charge >= 0.3 is 6.18 Å². The Morgan fingerprint density at radius 2 is 2.07 bits per heavy atom. The van der Waals surface area contributed by atoms with Crippen LogP contribution in [0.5, 0.6) is 0 Å². The van der Waals surface area contributed by atoms with Gasteiger partial charge in [0, 0.05) is 31.1 Å². The second kappa shape index (κ2) is 10.0.